The summed E-state index contributed by atoms with van der Waals surface area (Å²) in [5.74, 6) is -0.429. The van der Waals surface area contributed by atoms with Crippen LogP contribution in [0, 0.1) is 0 Å². The van der Waals surface area contributed by atoms with Crippen LogP contribution in [-0.2, 0) is 6.18 Å². The first kappa shape index (κ1) is 19.6. The molecule has 0 aliphatic carbocycles. The summed E-state index contributed by atoms with van der Waals surface area (Å²) in [6.07, 6.45) is -4.43. The fourth-order valence-electron chi connectivity index (χ4n) is 2.62. The van der Waals surface area contributed by atoms with Gasteiger partial charge in [0.05, 0.1) is 11.3 Å². The Balaban J connectivity index is 2.02. The summed E-state index contributed by atoms with van der Waals surface area (Å²) in [5.41, 5.74) is 5.71. The number of rotatable bonds is 6. The average molecular weight is 365 g/mol. The first-order valence-electron chi connectivity index (χ1n) is 8.32. The number of anilines is 2. The van der Waals surface area contributed by atoms with Gasteiger partial charge in [0.2, 0.25) is 0 Å². The molecule has 140 valence electrons. The molecule has 0 unspecified atom stereocenters. The predicted molar refractivity (Wildman–Crippen MR) is 97.1 cm³/mol. The van der Waals surface area contributed by atoms with Crippen molar-refractivity contribution >= 4 is 17.3 Å². The van der Waals surface area contributed by atoms with E-state index in [1.807, 2.05) is 12.1 Å². The van der Waals surface area contributed by atoms with E-state index in [9.17, 15) is 18.0 Å². The highest BCUT2D eigenvalue weighted by Crippen LogP contribution is 2.30. The monoisotopic (exact) mass is 365 g/mol. The highest BCUT2D eigenvalue weighted by Gasteiger charge is 2.30. The van der Waals surface area contributed by atoms with Gasteiger partial charge < -0.3 is 4.90 Å². The molecular weight excluding hydrogens is 343 g/mol. The van der Waals surface area contributed by atoms with Gasteiger partial charge in [0, 0.05) is 23.8 Å². The van der Waals surface area contributed by atoms with Crippen molar-refractivity contribution in [1.82, 2.24) is 5.43 Å². The molecule has 0 spiro atoms. The number of alkyl halides is 3. The molecule has 26 heavy (non-hydrogen) atoms. The van der Waals surface area contributed by atoms with Gasteiger partial charge in [-0.1, -0.05) is 6.07 Å². The van der Waals surface area contributed by atoms with Crippen LogP contribution in [0.3, 0.4) is 0 Å². The second-order valence-electron chi connectivity index (χ2n) is 6.08. The van der Waals surface area contributed by atoms with Gasteiger partial charge in [0.15, 0.2) is 0 Å². The van der Waals surface area contributed by atoms with E-state index in [1.165, 1.54) is 12.1 Å². The van der Waals surface area contributed by atoms with Gasteiger partial charge in [-0.2, -0.15) is 13.2 Å². The summed E-state index contributed by atoms with van der Waals surface area (Å²) in [5, 5.41) is 0. The maximum Gasteiger partial charge on any atom is 0.416 e. The van der Waals surface area contributed by atoms with Crippen LogP contribution in [0.2, 0.25) is 0 Å². The molecule has 0 radical (unpaired) electrons. The van der Waals surface area contributed by atoms with Crippen LogP contribution >= 0.6 is 0 Å². The van der Waals surface area contributed by atoms with E-state index in [0.29, 0.717) is 11.6 Å². The Kier molecular flexibility index (Phi) is 6.13. The maximum atomic E-state index is 12.7. The molecule has 2 aromatic rings. The van der Waals surface area contributed by atoms with Crippen LogP contribution in [0.15, 0.2) is 48.5 Å². The topological polar surface area (TPSA) is 44.4 Å². The Morgan fingerprint density at radius 2 is 1.77 bits per heavy atom. The number of amides is 1. The lowest BCUT2D eigenvalue weighted by atomic mass is 10.1. The Bertz CT molecular complexity index is 742. The van der Waals surface area contributed by atoms with Gasteiger partial charge in [-0.25, -0.2) is 0 Å². The minimum Gasteiger partial charge on any atom is -0.369 e. The lowest BCUT2D eigenvalue weighted by Crippen LogP contribution is -2.31. The summed E-state index contributed by atoms with van der Waals surface area (Å²) in [6.45, 7) is 7.08. The molecule has 0 bridgehead atoms. The van der Waals surface area contributed by atoms with Gasteiger partial charge in [0.25, 0.3) is 5.91 Å². The minimum absolute atomic E-state index is 0.154. The van der Waals surface area contributed by atoms with Crippen molar-refractivity contribution in [1.29, 1.82) is 0 Å². The largest absolute Gasteiger partial charge is 0.416 e. The van der Waals surface area contributed by atoms with Gasteiger partial charge in [-0.15, -0.1) is 0 Å². The Labute approximate surface area is 151 Å². The summed E-state index contributed by atoms with van der Waals surface area (Å²) >= 11 is 0. The number of hydrogen-bond donors (Lipinski definition) is 2. The molecule has 0 aromatic heterocycles. The van der Waals surface area contributed by atoms with Crippen LogP contribution in [0.1, 0.15) is 36.7 Å². The molecule has 1 amide bonds. The van der Waals surface area contributed by atoms with E-state index in [2.05, 4.69) is 36.5 Å². The summed E-state index contributed by atoms with van der Waals surface area (Å²) in [4.78, 5) is 14.4. The highest BCUT2D eigenvalue weighted by atomic mass is 19.4. The lowest BCUT2D eigenvalue weighted by Gasteiger charge is -2.27. The van der Waals surface area contributed by atoms with Gasteiger partial charge in [0.1, 0.15) is 0 Å². The quantitative estimate of drug-likeness (QED) is 0.730. The van der Waals surface area contributed by atoms with Crippen molar-refractivity contribution in [2.45, 2.75) is 33.0 Å². The average Bonchev–Trinajstić information content (AvgIpc) is 2.60. The van der Waals surface area contributed by atoms with E-state index in [1.54, 1.807) is 12.1 Å². The van der Waals surface area contributed by atoms with Crippen molar-refractivity contribution in [3.05, 3.63) is 59.7 Å². The molecule has 2 rings (SSSR count). The van der Waals surface area contributed by atoms with Gasteiger partial charge >= 0.3 is 6.18 Å². The molecule has 2 N–H and O–H groups in total. The smallest absolute Gasteiger partial charge is 0.369 e. The van der Waals surface area contributed by atoms with Crippen LogP contribution in [0.4, 0.5) is 24.5 Å². The predicted octanol–water partition coefficient (Wildman–Crippen LogP) is 4.70. The molecule has 0 saturated heterocycles. The molecule has 0 aliphatic heterocycles. The third-order valence-corrected chi connectivity index (χ3v) is 3.94. The summed E-state index contributed by atoms with van der Waals surface area (Å²) in [7, 11) is 0. The maximum absolute atomic E-state index is 12.7. The standard InChI is InChI=1S/C19H22F3N3O/c1-4-25(13(2)3)17-10-8-14(9-11-17)18(26)24-23-16-7-5-6-15(12-16)19(20,21)22/h5-13,23H,4H2,1-3H3,(H,24,26). The molecule has 0 heterocycles. The van der Waals surface area contributed by atoms with E-state index in [0.717, 1.165) is 24.4 Å². The second-order valence-corrected chi connectivity index (χ2v) is 6.08. The van der Waals surface area contributed by atoms with E-state index < -0.39 is 17.6 Å². The van der Waals surface area contributed by atoms with Crippen LogP contribution in [0.5, 0.6) is 0 Å². The Morgan fingerprint density at radius 1 is 1.12 bits per heavy atom. The second kappa shape index (κ2) is 8.12. The van der Waals surface area contributed by atoms with Crippen LogP contribution in [-0.4, -0.2) is 18.5 Å². The zero-order valence-corrected chi connectivity index (χ0v) is 14.9. The number of carbonyl (C=O) groups excluding carboxylic acids is 1. The third-order valence-electron chi connectivity index (χ3n) is 3.94. The minimum atomic E-state index is -4.43. The van der Waals surface area contributed by atoms with E-state index >= 15 is 0 Å². The molecule has 2 aromatic carbocycles. The zero-order chi connectivity index (χ0) is 19.3. The zero-order valence-electron chi connectivity index (χ0n) is 14.9. The van der Waals surface area contributed by atoms with Crippen molar-refractivity contribution in [3.63, 3.8) is 0 Å². The van der Waals surface area contributed by atoms with E-state index in [-0.39, 0.29) is 5.69 Å². The molecule has 0 saturated carbocycles. The molecule has 0 aliphatic rings. The first-order valence-corrected chi connectivity index (χ1v) is 8.32. The van der Waals surface area contributed by atoms with Crippen molar-refractivity contribution < 1.29 is 18.0 Å². The van der Waals surface area contributed by atoms with Crippen molar-refractivity contribution in [3.8, 4) is 0 Å². The van der Waals surface area contributed by atoms with Gasteiger partial charge in [-0.3, -0.25) is 15.6 Å². The highest BCUT2D eigenvalue weighted by molar-refractivity contribution is 5.95. The fourth-order valence-corrected chi connectivity index (χ4v) is 2.62. The molecule has 7 heteroatoms. The fraction of sp³-hybridized carbons (Fsp3) is 0.316. The molecule has 4 nitrogen and oxygen atoms in total. The lowest BCUT2D eigenvalue weighted by molar-refractivity contribution is -0.137. The Hall–Kier alpha value is -2.70. The Morgan fingerprint density at radius 3 is 2.31 bits per heavy atom. The van der Waals surface area contributed by atoms with Gasteiger partial charge in [-0.05, 0) is 63.2 Å². The number of hydrogen-bond acceptors (Lipinski definition) is 3. The third kappa shape index (κ3) is 4.91. The molecule has 0 atom stereocenters. The van der Waals surface area contributed by atoms with E-state index in [4.69, 9.17) is 0 Å². The van der Waals surface area contributed by atoms with Crippen LogP contribution < -0.4 is 15.8 Å². The van der Waals surface area contributed by atoms with Crippen LogP contribution in [0.25, 0.3) is 0 Å². The number of carbonyl (C=O) groups is 1. The first-order chi connectivity index (χ1) is 12.2. The normalized spacial score (nSPS) is 11.3. The number of halogens is 3. The number of nitrogens with zero attached hydrogens (tertiary/aromatic N) is 1. The number of nitrogens with one attached hydrogen (secondary N) is 2. The molecule has 0 fully saturated rings. The SMILES string of the molecule is CCN(c1ccc(C(=O)NNc2cccc(C(F)(F)F)c2)cc1)C(C)C. The summed E-state index contributed by atoms with van der Waals surface area (Å²) < 4.78 is 38.1. The van der Waals surface area contributed by atoms with Crippen molar-refractivity contribution in [2.24, 2.45) is 0 Å². The number of benzene rings is 2. The molecular formula is C19H22F3N3O. The number of hydrazine groups is 1. The van der Waals surface area contributed by atoms with Crippen molar-refractivity contribution in [2.75, 3.05) is 16.9 Å². The summed E-state index contributed by atoms with van der Waals surface area (Å²) in [6, 6.07) is 12.0.